The smallest absolute Gasteiger partial charge is 0.410 e. The van der Waals surface area contributed by atoms with Gasteiger partial charge in [-0.1, -0.05) is 32.6 Å². The predicted octanol–water partition coefficient (Wildman–Crippen LogP) is 2.32. The molecule has 0 aliphatic rings. The van der Waals surface area contributed by atoms with Crippen molar-refractivity contribution in [2.24, 2.45) is 0 Å². The highest BCUT2D eigenvalue weighted by molar-refractivity contribution is 5.69. The third kappa shape index (κ3) is 8.55. The molecule has 144 valence electrons. The Morgan fingerprint density at radius 2 is 2.08 bits per heavy atom. The lowest BCUT2D eigenvalue weighted by atomic mass is 10.2. The largest absolute Gasteiger partial charge is 0.487 e. The summed E-state index contributed by atoms with van der Waals surface area (Å²) in [5.41, 5.74) is 0.801. The van der Waals surface area contributed by atoms with Crippen LogP contribution in [-0.2, 0) is 4.74 Å². The Morgan fingerprint density at radius 1 is 1.31 bits per heavy atom. The third-order valence-electron chi connectivity index (χ3n) is 3.18. The van der Waals surface area contributed by atoms with Gasteiger partial charge in [0.15, 0.2) is 11.5 Å². The molecule has 3 N–H and O–H groups in total. The van der Waals surface area contributed by atoms with Crippen LogP contribution in [0.4, 0.5) is 4.79 Å². The van der Waals surface area contributed by atoms with Crippen molar-refractivity contribution in [2.45, 2.75) is 26.0 Å². The molecule has 1 rings (SSSR count). The van der Waals surface area contributed by atoms with Crippen LogP contribution >= 0.6 is 0 Å². The van der Waals surface area contributed by atoms with Crippen LogP contribution in [0.3, 0.4) is 0 Å². The topological polar surface area (TPSA) is 89.1 Å². The first-order chi connectivity index (χ1) is 12.5. The highest BCUT2D eigenvalue weighted by Gasteiger charge is 2.10. The van der Waals surface area contributed by atoms with E-state index >= 15 is 0 Å². The van der Waals surface area contributed by atoms with Crippen molar-refractivity contribution in [3.63, 3.8) is 0 Å². The monoisotopic (exact) mass is 364 g/mol. The number of ether oxygens (including phenoxy) is 3. The average Bonchev–Trinajstić information content (AvgIpc) is 2.63. The maximum atomic E-state index is 11.0. The van der Waals surface area contributed by atoms with E-state index in [1.165, 1.54) is 13.3 Å². The summed E-state index contributed by atoms with van der Waals surface area (Å²) in [6, 6.07) is 5.62. The van der Waals surface area contributed by atoms with Crippen molar-refractivity contribution in [3.8, 4) is 11.5 Å². The van der Waals surface area contributed by atoms with Gasteiger partial charge in [0, 0.05) is 18.8 Å². The van der Waals surface area contributed by atoms with Crippen LogP contribution in [-0.4, -0.2) is 50.2 Å². The quantitative estimate of drug-likeness (QED) is 0.522. The number of amides is 1. The van der Waals surface area contributed by atoms with Crippen molar-refractivity contribution < 1.29 is 24.1 Å². The van der Waals surface area contributed by atoms with Gasteiger partial charge in [0.25, 0.3) is 0 Å². The summed E-state index contributed by atoms with van der Waals surface area (Å²) in [6.07, 6.45) is 3.62. The molecule has 0 heterocycles. The van der Waals surface area contributed by atoms with E-state index in [0.29, 0.717) is 30.7 Å². The SMILES string of the molecule is C=CCOc1cc(C=CNC(=O)OC)ccc1OCC(O)CNC(C)C. The van der Waals surface area contributed by atoms with Gasteiger partial charge in [0.2, 0.25) is 0 Å². The number of hydrogen-bond donors (Lipinski definition) is 3. The van der Waals surface area contributed by atoms with E-state index in [4.69, 9.17) is 9.47 Å². The zero-order valence-corrected chi connectivity index (χ0v) is 15.5. The lowest BCUT2D eigenvalue weighted by Crippen LogP contribution is -2.35. The van der Waals surface area contributed by atoms with Crippen LogP contribution in [0.15, 0.2) is 37.1 Å². The van der Waals surface area contributed by atoms with E-state index in [0.717, 1.165) is 5.56 Å². The minimum atomic E-state index is -0.631. The Hall–Kier alpha value is -2.51. The lowest BCUT2D eigenvalue weighted by Gasteiger charge is -2.17. The minimum Gasteiger partial charge on any atom is -0.487 e. The highest BCUT2D eigenvalue weighted by atomic mass is 16.5. The zero-order chi connectivity index (χ0) is 19.4. The van der Waals surface area contributed by atoms with Crippen molar-refractivity contribution in [1.82, 2.24) is 10.6 Å². The van der Waals surface area contributed by atoms with Crippen LogP contribution in [0.1, 0.15) is 19.4 Å². The van der Waals surface area contributed by atoms with Crippen LogP contribution in [0.25, 0.3) is 6.08 Å². The summed E-state index contributed by atoms with van der Waals surface area (Å²) in [5, 5.41) is 15.6. The molecule has 0 aliphatic carbocycles. The van der Waals surface area contributed by atoms with E-state index in [-0.39, 0.29) is 6.61 Å². The maximum Gasteiger partial charge on any atom is 0.410 e. The van der Waals surface area contributed by atoms with Gasteiger partial charge in [-0.3, -0.25) is 5.32 Å². The normalized spacial score (nSPS) is 12.0. The first-order valence-electron chi connectivity index (χ1n) is 8.39. The molecule has 1 unspecified atom stereocenters. The molecule has 0 aliphatic heterocycles. The highest BCUT2D eigenvalue weighted by Crippen LogP contribution is 2.29. The van der Waals surface area contributed by atoms with E-state index < -0.39 is 12.2 Å². The number of alkyl carbamates (subject to hydrolysis) is 1. The molecule has 1 aromatic rings. The standard InChI is InChI=1S/C19H28N2O5/c1-5-10-25-18-11-15(8-9-20-19(23)24-4)6-7-17(18)26-13-16(22)12-21-14(2)3/h5-9,11,14,16,21-22H,1,10,12-13H2,2-4H3,(H,20,23). The number of hydrogen-bond acceptors (Lipinski definition) is 6. The number of aliphatic hydroxyl groups excluding tert-OH is 1. The van der Waals surface area contributed by atoms with Crippen LogP contribution in [0.2, 0.25) is 0 Å². The molecule has 1 amide bonds. The fourth-order valence-electron chi connectivity index (χ4n) is 1.89. The molecule has 1 atom stereocenters. The summed E-state index contributed by atoms with van der Waals surface area (Å²) in [4.78, 5) is 11.0. The Morgan fingerprint density at radius 3 is 2.73 bits per heavy atom. The summed E-state index contributed by atoms with van der Waals surface area (Å²) >= 11 is 0. The predicted molar refractivity (Wildman–Crippen MR) is 101 cm³/mol. The van der Waals surface area contributed by atoms with Gasteiger partial charge in [-0.2, -0.15) is 0 Å². The van der Waals surface area contributed by atoms with Crippen LogP contribution < -0.4 is 20.1 Å². The molecular weight excluding hydrogens is 336 g/mol. The summed E-state index contributed by atoms with van der Waals surface area (Å²) in [6.45, 7) is 8.56. The first-order valence-corrected chi connectivity index (χ1v) is 8.39. The molecule has 7 nitrogen and oxygen atoms in total. The summed E-state index contributed by atoms with van der Waals surface area (Å²) in [5.74, 6) is 1.04. The van der Waals surface area contributed by atoms with Crippen molar-refractivity contribution in [2.75, 3.05) is 26.9 Å². The van der Waals surface area contributed by atoms with Gasteiger partial charge in [0.05, 0.1) is 7.11 Å². The van der Waals surface area contributed by atoms with E-state index in [9.17, 15) is 9.90 Å². The third-order valence-corrected chi connectivity index (χ3v) is 3.18. The number of carbonyl (C=O) groups excluding carboxylic acids is 1. The van der Waals surface area contributed by atoms with E-state index in [1.807, 2.05) is 19.9 Å². The van der Waals surface area contributed by atoms with Crippen LogP contribution in [0.5, 0.6) is 11.5 Å². The van der Waals surface area contributed by atoms with Gasteiger partial charge in [-0.05, 0) is 23.8 Å². The second-order valence-corrected chi connectivity index (χ2v) is 5.80. The maximum absolute atomic E-state index is 11.0. The average molecular weight is 364 g/mol. The molecule has 0 spiro atoms. The second-order valence-electron chi connectivity index (χ2n) is 5.80. The van der Waals surface area contributed by atoms with Crippen molar-refractivity contribution in [3.05, 3.63) is 42.6 Å². The summed E-state index contributed by atoms with van der Waals surface area (Å²) in [7, 11) is 1.29. The molecular formula is C19H28N2O5. The van der Waals surface area contributed by atoms with Gasteiger partial charge in [0.1, 0.15) is 19.3 Å². The molecule has 0 fully saturated rings. The Balaban J connectivity index is 2.74. The zero-order valence-electron chi connectivity index (χ0n) is 15.5. The molecule has 0 saturated heterocycles. The lowest BCUT2D eigenvalue weighted by molar-refractivity contribution is 0.102. The minimum absolute atomic E-state index is 0.142. The number of nitrogens with one attached hydrogen (secondary N) is 2. The second kappa shape index (κ2) is 11.9. The molecule has 7 heteroatoms. The molecule has 26 heavy (non-hydrogen) atoms. The van der Waals surface area contributed by atoms with Crippen molar-refractivity contribution in [1.29, 1.82) is 0 Å². The Labute approximate surface area is 154 Å². The number of methoxy groups -OCH3 is 1. The van der Waals surface area contributed by atoms with Gasteiger partial charge in [-0.15, -0.1) is 0 Å². The molecule has 0 saturated carbocycles. The number of carbonyl (C=O) groups is 1. The van der Waals surface area contributed by atoms with Gasteiger partial charge < -0.3 is 24.6 Å². The number of benzene rings is 1. The molecule has 1 aromatic carbocycles. The fourth-order valence-corrected chi connectivity index (χ4v) is 1.89. The fraction of sp³-hybridized carbons (Fsp3) is 0.421. The molecule has 0 bridgehead atoms. The van der Waals surface area contributed by atoms with Crippen LogP contribution in [0, 0.1) is 0 Å². The van der Waals surface area contributed by atoms with E-state index in [2.05, 4.69) is 21.9 Å². The molecule has 0 radical (unpaired) electrons. The van der Waals surface area contributed by atoms with E-state index in [1.54, 1.807) is 24.3 Å². The Kier molecular flexibility index (Phi) is 9.89. The van der Waals surface area contributed by atoms with Gasteiger partial charge >= 0.3 is 6.09 Å². The molecule has 0 aromatic heterocycles. The Bertz CT molecular complexity index is 602. The number of aliphatic hydroxyl groups is 1. The van der Waals surface area contributed by atoms with Gasteiger partial charge in [-0.25, -0.2) is 4.79 Å². The van der Waals surface area contributed by atoms with Crippen molar-refractivity contribution >= 4 is 12.2 Å². The first kappa shape index (κ1) is 21.5. The number of rotatable bonds is 11. The summed E-state index contributed by atoms with van der Waals surface area (Å²) < 4.78 is 15.8.